The molecule has 4 heteroatoms. The van der Waals surface area contributed by atoms with Crippen molar-refractivity contribution in [3.05, 3.63) is 17.3 Å². The lowest BCUT2D eigenvalue weighted by molar-refractivity contribution is 0.399. The molecule has 1 aliphatic carbocycles. The first-order valence-corrected chi connectivity index (χ1v) is 6.36. The molecular formula is C13H21N3O. The quantitative estimate of drug-likeness (QED) is 0.870. The third-order valence-corrected chi connectivity index (χ3v) is 3.36. The molecule has 4 nitrogen and oxygen atoms in total. The van der Waals surface area contributed by atoms with E-state index in [0.717, 1.165) is 18.2 Å². The molecule has 1 aliphatic rings. The van der Waals surface area contributed by atoms with Crippen molar-refractivity contribution in [1.29, 1.82) is 0 Å². The fourth-order valence-electron chi connectivity index (χ4n) is 2.17. The van der Waals surface area contributed by atoms with Gasteiger partial charge in [0.15, 0.2) is 5.82 Å². The van der Waals surface area contributed by atoms with Gasteiger partial charge in [-0.05, 0) is 39.2 Å². The van der Waals surface area contributed by atoms with Crippen LogP contribution in [-0.2, 0) is 6.42 Å². The highest BCUT2D eigenvalue weighted by atomic mass is 16.5. The first-order chi connectivity index (χ1) is 8.17. The molecule has 1 aromatic heterocycles. The van der Waals surface area contributed by atoms with Crippen molar-refractivity contribution in [3.8, 4) is 0 Å². The second-order valence-electron chi connectivity index (χ2n) is 5.09. The van der Waals surface area contributed by atoms with E-state index in [1.165, 1.54) is 24.8 Å². The van der Waals surface area contributed by atoms with Crippen molar-refractivity contribution in [2.45, 2.75) is 45.6 Å². The summed E-state index contributed by atoms with van der Waals surface area (Å²) in [6.45, 7) is 4.39. The predicted octanol–water partition coefficient (Wildman–Crippen LogP) is 2.42. The zero-order valence-electron chi connectivity index (χ0n) is 10.9. The second kappa shape index (κ2) is 5.45. The Morgan fingerprint density at radius 2 is 2.41 bits per heavy atom. The van der Waals surface area contributed by atoms with E-state index in [0.29, 0.717) is 11.9 Å². The Kier molecular flexibility index (Phi) is 3.94. The molecule has 0 aromatic carbocycles. The summed E-state index contributed by atoms with van der Waals surface area (Å²) in [7, 11) is 1.94. The van der Waals surface area contributed by atoms with Gasteiger partial charge in [0.2, 0.25) is 0 Å². The molecule has 2 rings (SSSR count). The second-order valence-corrected chi connectivity index (χ2v) is 5.09. The molecule has 0 amide bonds. The van der Waals surface area contributed by atoms with Gasteiger partial charge in [0.1, 0.15) is 0 Å². The molecule has 1 aromatic rings. The van der Waals surface area contributed by atoms with Gasteiger partial charge in [-0.25, -0.2) is 0 Å². The maximum Gasteiger partial charge on any atom is 0.250 e. The van der Waals surface area contributed by atoms with Crippen LogP contribution in [0.4, 0.5) is 0 Å². The summed E-state index contributed by atoms with van der Waals surface area (Å²) in [5.74, 6) is 2.24. The standard InChI is InChI=1S/C13H21N3O/c1-9-4-5-11(6-9)8-13-15-12(16-17-13)7-10(2)14-3/h8-10,14H,4-7H2,1-3H3/b11-8-. The summed E-state index contributed by atoms with van der Waals surface area (Å²) < 4.78 is 5.24. The summed E-state index contributed by atoms with van der Waals surface area (Å²) in [5.41, 5.74) is 1.44. The van der Waals surface area contributed by atoms with Crippen LogP contribution < -0.4 is 5.32 Å². The van der Waals surface area contributed by atoms with E-state index in [9.17, 15) is 0 Å². The van der Waals surface area contributed by atoms with Gasteiger partial charge < -0.3 is 9.84 Å². The van der Waals surface area contributed by atoms with Crippen LogP contribution in [0.5, 0.6) is 0 Å². The van der Waals surface area contributed by atoms with E-state index in [1.54, 1.807) is 0 Å². The molecule has 17 heavy (non-hydrogen) atoms. The molecule has 1 heterocycles. The van der Waals surface area contributed by atoms with Gasteiger partial charge in [-0.15, -0.1) is 0 Å². The van der Waals surface area contributed by atoms with Crippen molar-refractivity contribution in [3.63, 3.8) is 0 Å². The van der Waals surface area contributed by atoms with Crippen LogP contribution in [0.1, 0.15) is 44.8 Å². The Labute approximate surface area is 102 Å². The largest absolute Gasteiger partial charge is 0.335 e. The maximum absolute atomic E-state index is 5.24. The van der Waals surface area contributed by atoms with E-state index >= 15 is 0 Å². The van der Waals surface area contributed by atoms with Gasteiger partial charge in [-0.1, -0.05) is 17.7 Å². The third-order valence-electron chi connectivity index (χ3n) is 3.36. The van der Waals surface area contributed by atoms with E-state index in [4.69, 9.17) is 4.52 Å². The number of likely N-dealkylation sites (N-methyl/N-ethyl adjacent to an activating group) is 1. The fourth-order valence-corrected chi connectivity index (χ4v) is 2.17. The van der Waals surface area contributed by atoms with Gasteiger partial charge in [-0.2, -0.15) is 4.98 Å². The number of aromatic nitrogens is 2. The molecule has 94 valence electrons. The van der Waals surface area contributed by atoms with Gasteiger partial charge in [-0.3, -0.25) is 0 Å². The number of rotatable bonds is 4. The first-order valence-electron chi connectivity index (χ1n) is 6.36. The first kappa shape index (κ1) is 12.3. The van der Waals surface area contributed by atoms with Gasteiger partial charge in [0.25, 0.3) is 5.89 Å². The molecule has 2 unspecified atom stereocenters. The number of nitrogens with one attached hydrogen (secondary N) is 1. The number of hydrogen-bond acceptors (Lipinski definition) is 4. The zero-order chi connectivity index (χ0) is 12.3. The van der Waals surface area contributed by atoms with Gasteiger partial charge in [0, 0.05) is 18.5 Å². The van der Waals surface area contributed by atoms with Gasteiger partial charge in [0.05, 0.1) is 0 Å². The van der Waals surface area contributed by atoms with Crippen molar-refractivity contribution in [1.82, 2.24) is 15.5 Å². The summed E-state index contributed by atoms with van der Waals surface area (Å²) >= 11 is 0. The molecule has 1 N–H and O–H groups in total. The molecule has 0 radical (unpaired) electrons. The van der Waals surface area contributed by atoms with Crippen molar-refractivity contribution >= 4 is 6.08 Å². The lowest BCUT2D eigenvalue weighted by Gasteiger charge is -2.04. The Hall–Kier alpha value is -1.16. The van der Waals surface area contributed by atoms with Crippen molar-refractivity contribution < 1.29 is 4.52 Å². The molecule has 1 saturated carbocycles. The van der Waals surface area contributed by atoms with Crippen LogP contribution >= 0.6 is 0 Å². The summed E-state index contributed by atoms with van der Waals surface area (Å²) in [4.78, 5) is 4.39. The van der Waals surface area contributed by atoms with Crippen LogP contribution in [-0.4, -0.2) is 23.2 Å². The highest BCUT2D eigenvalue weighted by Gasteiger charge is 2.16. The predicted molar refractivity (Wildman–Crippen MR) is 67.5 cm³/mol. The van der Waals surface area contributed by atoms with Gasteiger partial charge >= 0.3 is 0 Å². The topological polar surface area (TPSA) is 51.0 Å². The molecule has 0 saturated heterocycles. The highest BCUT2D eigenvalue weighted by Crippen LogP contribution is 2.30. The Morgan fingerprint density at radius 1 is 1.59 bits per heavy atom. The van der Waals surface area contributed by atoms with Crippen LogP contribution in [0.25, 0.3) is 6.08 Å². The third kappa shape index (κ3) is 3.40. The summed E-state index contributed by atoms with van der Waals surface area (Å²) in [6, 6.07) is 0.375. The minimum atomic E-state index is 0.375. The normalized spacial score (nSPS) is 24.4. The average molecular weight is 235 g/mol. The molecule has 1 fully saturated rings. The highest BCUT2D eigenvalue weighted by molar-refractivity contribution is 5.44. The van der Waals surface area contributed by atoms with E-state index in [-0.39, 0.29) is 0 Å². The summed E-state index contributed by atoms with van der Waals surface area (Å²) in [6.07, 6.45) is 6.49. The Morgan fingerprint density at radius 3 is 3.06 bits per heavy atom. The smallest absolute Gasteiger partial charge is 0.250 e. The molecular weight excluding hydrogens is 214 g/mol. The monoisotopic (exact) mass is 235 g/mol. The van der Waals surface area contributed by atoms with Crippen molar-refractivity contribution in [2.24, 2.45) is 5.92 Å². The number of nitrogens with zero attached hydrogens (tertiary/aromatic N) is 2. The van der Waals surface area contributed by atoms with Crippen molar-refractivity contribution in [2.75, 3.05) is 7.05 Å². The van der Waals surface area contributed by atoms with Crippen LogP contribution in [0.15, 0.2) is 10.1 Å². The molecule has 2 atom stereocenters. The zero-order valence-corrected chi connectivity index (χ0v) is 10.9. The van der Waals surface area contributed by atoms with E-state index in [1.807, 2.05) is 7.05 Å². The number of allylic oxidation sites excluding steroid dienone is 1. The van der Waals surface area contributed by atoms with E-state index in [2.05, 4.69) is 35.4 Å². The minimum Gasteiger partial charge on any atom is -0.335 e. The summed E-state index contributed by atoms with van der Waals surface area (Å²) in [5, 5.41) is 7.16. The molecule has 0 bridgehead atoms. The number of hydrogen-bond donors (Lipinski definition) is 1. The SMILES string of the molecule is CNC(C)Cc1noc(/C=C2/CCC(C)C2)n1. The Balaban J connectivity index is 1.98. The lowest BCUT2D eigenvalue weighted by atomic mass is 10.1. The molecule has 0 aliphatic heterocycles. The van der Waals surface area contributed by atoms with Crippen LogP contribution in [0.3, 0.4) is 0 Å². The maximum atomic E-state index is 5.24. The van der Waals surface area contributed by atoms with E-state index < -0.39 is 0 Å². The average Bonchev–Trinajstić information content (AvgIpc) is 2.89. The lowest BCUT2D eigenvalue weighted by Crippen LogP contribution is -2.24. The minimum absolute atomic E-state index is 0.375. The Bertz CT molecular complexity index is 397. The van der Waals surface area contributed by atoms with Crippen LogP contribution in [0.2, 0.25) is 0 Å². The fraction of sp³-hybridized carbons (Fsp3) is 0.692. The molecule has 0 spiro atoms. The van der Waals surface area contributed by atoms with Crippen LogP contribution in [0, 0.1) is 5.92 Å².